The Morgan fingerprint density at radius 2 is 1.96 bits per heavy atom. The average Bonchev–Trinajstić information content (AvgIpc) is 2.47. The molecule has 24 heavy (non-hydrogen) atoms. The number of ether oxygens (including phenoxy) is 1. The van der Waals surface area contributed by atoms with Crippen LogP contribution in [-0.4, -0.2) is 45.3 Å². The molecule has 1 rings (SSSR count). The van der Waals surface area contributed by atoms with Crippen molar-refractivity contribution in [1.82, 2.24) is 4.72 Å². The molecular weight excluding hydrogens is 332 g/mol. The van der Waals surface area contributed by atoms with E-state index < -0.39 is 16.0 Å². The molecule has 0 radical (unpaired) electrons. The van der Waals surface area contributed by atoms with E-state index in [0.717, 1.165) is 6.42 Å². The monoisotopic (exact) mass is 358 g/mol. The smallest absolute Gasteiger partial charge is 0.337 e. The van der Waals surface area contributed by atoms with Crippen LogP contribution in [0.4, 0.5) is 5.69 Å². The summed E-state index contributed by atoms with van der Waals surface area (Å²) in [6.07, 6.45) is 1.56. The number of benzene rings is 1. The summed E-state index contributed by atoms with van der Waals surface area (Å²) < 4.78 is 32.3. The van der Waals surface area contributed by atoms with Crippen molar-refractivity contribution in [2.24, 2.45) is 0 Å². The van der Waals surface area contributed by atoms with Gasteiger partial charge < -0.3 is 15.2 Å². The highest BCUT2D eigenvalue weighted by atomic mass is 32.2. The zero-order chi connectivity index (χ0) is 18.3. The lowest BCUT2D eigenvalue weighted by Crippen LogP contribution is -2.32. The zero-order valence-electron chi connectivity index (χ0n) is 14.5. The molecule has 0 aliphatic rings. The quantitative estimate of drug-likeness (QED) is 0.593. The number of hydrogen-bond donors (Lipinski definition) is 3. The van der Waals surface area contributed by atoms with Gasteiger partial charge in [-0.15, -0.1) is 0 Å². The van der Waals surface area contributed by atoms with Gasteiger partial charge in [-0.1, -0.05) is 13.3 Å². The summed E-state index contributed by atoms with van der Waals surface area (Å²) in [7, 11) is -2.21. The van der Waals surface area contributed by atoms with Crippen LogP contribution in [0.1, 0.15) is 44.0 Å². The second-order valence-corrected chi connectivity index (χ2v) is 7.54. The molecule has 136 valence electrons. The lowest BCUT2D eigenvalue weighted by molar-refractivity contribution is 0.0697. The van der Waals surface area contributed by atoms with Crippen LogP contribution in [-0.2, 0) is 14.8 Å². The molecule has 7 nitrogen and oxygen atoms in total. The molecule has 8 heteroatoms. The van der Waals surface area contributed by atoms with Crippen LogP contribution in [0.15, 0.2) is 23.1 Å². The largest absolute Gasteiger partial charge is 0.478 e. The Bertz CT molecular complexity index is 660. The van der Waals surface area contributed by atoms with Gasteiger partial charge in [0.15, 0.2) is 0 Å². The van der Waals surface area contributed by atoms with E-state index >= 15 is 0 Å². The minimum atomic E-state index is -3.76. The molecule has 2 atom stereocenters. The topological polar surface area (TPSA) is 105 Å². The van der Waals surface area contributed by atoms with Gasteiger partial charge in [-0.2, -0.15) is 0 Å². The van der Waals surface area contributed by atoms with Crippen LogP contribution in [0.5, 0.6) is 0 Å². The number of nitrogens with one attached hydrogen (secondary N) is 2. The highest BCUT2D eigenvalue weighted by Crippen LogP contribution is 2.22. The Balaban J connectivity index is 3.11. The maximum Gasteiger partial charge on any atom is 0.337 e. The highest BCUT2D eigenvalue weighted by molar-refractivity contribution is 7.89. The number of carboxylic acid groups (broad SMARTS) is 1. The van der Waals surface area contributed by atoms with Gasteiger partial charge in [0.2, 0.25) is 10.0 Å². The number of hydrogen-bond acceptors (Lipinski definition) is 5. The molecule has 0 aliphatic heterocycles. The summed E-state index contributed by atoms with van der Waals surface area (Å²) in [5.41, 5.74) is 0.261. The van der Waals surface area contributed by atoms with E-state index in [1.165, 1.54) is 18.2 Å². The third kappa shape index (κ3) is 5.77. The molecule has 1 aromatic carbocycles. The number of rotatable bonds is 10. The van der Waals surface area contributed by atoms with Gasteiger partial charge >= 0.3 is 5.97 Å². The Kier molecular flexibility index (Phi) is 7.65. The Morgan fingerprint density at radius 3 is 2.50 bits per heavy atom. The van der Waals surface area contributed by atoms with Crippen LogP contribution in [0.25, 0.3) is 0 Å². The van der Waals surface area contributed by atoms with E-state index in [2.05, 4.69) is 10.0 Å². The van der Waals surface area contributed by atoms with Gasteiger partial charge in [-0.05, 0) is 38.5 Å². The lowest BCUT2D eigenvalue weighted by Gasteiger charge is -2.18. The lowest BCUT2D eigenvalue weighted by atomic mass is 10.1. The SMILES string of the molecule is CCC[C@H](C)NS(=O)(=O)c1ccc(N[C@H](C)COC)c(C(=O)O)c1. The molecule has 0 amide bonds. The fourth-order valence-corrected chi connectivity index (χ4v) is 3.68. The molecule has 0 fully saturated rings. The normalized spacial score (nSPS) is 14.2. The van der Waals surface area contributed by atoms with Crippen molar-refractivity contribution in [2.45, 2.75) is 50.6 Å². The molecule has 0 aromatic heterocycles. The van der Waals surface area contributed by atoms with Gasteiger partial charge in [0, 0.05) is 24.9 Å². The molecular formula is C16H26N2O5S. The third-order valence-corrected chi connectivity index (χ3v) is 5.02. The van der Waals surface area contributed by atoms with Crippen LogP contribution < -0.4 is 10.0 Å². The number of anilines is 1. The van der Waals surface area contributed by atoms with E-state index in [0.29, 0.717) is 18.7 Å². The van der Waals surface area contributed by atoms with Gasteiger partial charge in [0.05, 0.1) is 17.1 Å². The molecule has 0 aliphatic carbocycles. The maximum atomic E-state index is 12.4. The molecule has 3 N–H and O–H groups in total. The molecule has 0 heterocycles. The minimum absolute atomic E-state index is 0.0622. The summed E-state index contributed by atoms with van der Waals surface area (Å²) >= 11 is 0. The fraction of sp³-hybridized carbons (Fsp3) is 0.562. The first-order valence-electron chi connectivity index (χ1n) is 7.86. The second-order valence-electron chi connectivity index (χ2n) is 5.82. The summed E-state index contributed by atoms with van der Waals surface area (Å²) in [5.74, 6) is -1.19. The number of aromatic carboxylic acids is 1. The van der Waals surface area contributed by atoms with Crippen molar-refractivity contribution in [1.29, 1.82) is 0 Å². The average molecular weight is 358 g/mol. The predicted molar refractivity (Wildman–Crippen MR) is 93.1 cm³/mol. The number of carboxylic acids is 1. The Hall–Kier alpha value is -1.64. The maximum absolute atomic E-state index is 12.4. The number of carbonyl (C=O) groups is 1. The first-order valence-corrected chi connectivity index (χ1v) is 9.34. The molecule has 1 aromatic rings. The molecule has 0 unspecified atom stereocenters. The van der Waals surface area contributed by atoms with Crippen LogP contribution in [0.2, 0.25) is 0 Å². The van der Waals surface area contributed by atoms with Crippen LogP contribution in [0, 0.1) is 0 Å². The van der Waals surface area contributed by atoms with Crippen molar-refractivity contribution in [2.75, 3.05) is 19.0 Å². The zero-order valence-corrected chi connectivity index (χ0v) is 15.3. The van der Waals surface area contributed by atoms with Crippen LogP contribution >= 0.6 is 0 Å². The Labute approximate surface area is 143 Å². The number of sulfonamides is 1. The first-order chi connectivity index (χ1) is 11.2. The van der Waals surface area contributed by atoms with Crippen molar-refractivity contribution >= 4 is 21.7 Å². The van der Waals surface area contributed by atoms with E-state index in [4.69, 9.17) is 4.74 Å². The van der Waals surface area contributed by atoms with Crippen molar-refractivity contribution < 1.29 is 23.1 Å². The van der Waals surface area contributed by atoms with E-state index in [9.17, 15) is 18.3 Å². The van der Waals surface area contributed by atoms with Gasteiger partial charge in [0.1, 0.15) is 0 Å². The van der Waals surface area contributed by atoms with Gasteiger partial charge in [0.25, 0.3) is 0 Å². The van der Waals surface area contributed by atoms with Crippen molar-refractivity contribution in [3.63, 3.8) is 0 Å². The number of methoxy groups -OCH3 is 1. The predicted octanol–water partition coefficient (Wildman–Crippen LogP) is 2.30. The summed E-state index contributed by atoms with van der Waals surface area (Å²) in [6, 6.07) is 3.71. The van der Waals surface area contributed by atoms with Gasteiger partial charge in [-0.3, -0.25) is 0 Å². The fourth-order valence-electron chi connectivity index (χ4n) is 2.38. The van der Waals surface area contributed by atoms with E-state index in [-0.39, 0.29) is 22.5 Å². The summed E-state index contributed by atoms with van der Waals surface area (Å²) in [5, 5.41) is 12.4. The second kappa shape index (κ2) is 9.00. The minimum Gasteiger partial charge on any atom is -0.478 e. The summed E-state index contributed by atoms with van der Waals surface area (Å²) in [6.45, 7) is 5.99. The van der Waals surface area contributed by atoms with Gasteiger partial charge in [-0.25, -0.2) is 17.9 Å². The summed E-state index contributed by atoms with van der Waals surface area (Å²) in [4.78, 5) is 11.4. The Morgan fingerprint density at radius 1 is 1.29 bits per heavy atom. The van der Waals surface area contributed by atoms with E-state index in [1.54, 1.807) is 14.0 Å². The molecule has 0 bridgehead atoms. The standard InChI is InChI=1S/C16H26N2O5S/c1-5-6-11(2)18-24(21,22)13-7-8-15(14(9-13)16(19)20)17-12(3)10-23-4/h7-9,11-12,17-18H,5-6,10H2,1-4H3,(H,19,20)/t11-,12+/m0/s1. The van der Waals surface area contributed by atoms with Crippen molar-refractivity contribution in [3.05, 3.63) is 23.8 Å². The molecule has 0 saturated heterocycles. The molecule has 0 saturated carbocycles. The first kappa shape index (κ1) is 20.4. The van der Waals surface area contributed by atoms with Crippen LogP contribution in [0.3, 0.4) is 0 Å². The molecule has 0 spiro atoms. The van der Waals surface area contributed by atoms with E-state index in [1.807, 2.05) is 13.8 Å². The van der Waals surface area contributed by atoms with Crippen molar-refractivity contribution in [3.8, 4) is 0 Å². The third-order valence-electron chi connectivity index (χ3n) is 3.43. The highest BCUT2D eigenvalue weighted by Gasteiger charge is 2.21.